The number of halogens is 2. The van der Waals surface area contributed by atoms with E-state index in [0.29, 0.717) is 31.6 Å². The summed E-state index contributed by atoms with van der Waals surface area (Å²) in [4.78, 5) is 4.20. The minimum Gasteiger partial charge on any atom is -0.493 e. The molecule has 8 heteroatoms. The highest BCUT2D eigenvalue weighted by atomic mass is 19.2. The van der Waals surface area contributed by atoms with E-state index in [0.717, 1.165) is 48.6 Å². The molecule has 1 heterocycles. The Hall–Kier alpha value is -2.87. The molecule has 0 radical (unpaired) electrons. The molecule has 0 aliphatic carbocycles. The van der Waals surface area contributed by atoms with Gasteiger partial charge in [-0.15, -0.1) is 0 Å². The Morgan fingerprint density at radius 3 is 2.74 bits per heavy atom. The summed E-state index contributed by atoms with van der Waals surface area (Å²) >= 11 is 0. The van der Waals surface area contributed by atoms with Gasteiger partial charge >= 0.3 is 0 Å². The van der Waals surface area contributed by atoms with Crippen molar-refractivity contribution in [2.45, 2.75) is 19.9 Å². The molecular formula is C23H29F2N3O3. The van der Waals surface area contributed by atoms with Gasteiger partial charge in [-0.05, 0) is 37.1 Å². The van der Waals surface area contributed by atoms with E-state index in [1.165, 1.54) is 6.07 Å². The normalized spacial score (nSPS) is 16.3. The Kier molecular flexibility index (Phi) is 8.46. The summed E-state index contributed by atoms with van der Waals surface area (Å²) < 4.78 is 43.1. The molecule has 168 valence electrons. The first-order valence-corrected chi connectivity index (χ1v) is 10.4. The smallest absolute Gasteiger partial charge is 0.191 e. The molecule has 1 unspecified atom stereocenters. The number of nitrogens with zero attached hydrogens (tertiary/aromatic N) is 1. The van der Waals surface area contributed by atoms with Gasteiger partial charge in [0.25, 0.3) is 0 Å². The van der Waals surface area contributed by atoms with Crippen LogP contribution < -0.4 is 20.1 Å². The average molecular weight is 433 g/mol. The van der Waals surface area contributed by atoms with Crippen molar-refractivity contribution in [3.05, 3.63) is 59.2 Å². The van der Waals surface area contributed by atoms with Crippen LogP contribution in [0.3, 0.4) is 0 Å². The standard InChI is InChI=1S/C23H29F2N3O3/c1-16-3-4-18(22(11-16)31-15-17-7-9-29-14-17)13-28-23(26-2)27-8-10-30-19-5-6-20(24)21(25)12-19/h3-6,11-12,17H,7-10,13-15H2,1-2H3,(H2,26,27,28). The summed E-state index contributed by atoms with van der Waals surface area (Å²) in [6, 6.07) is 9.59. The maximum absolute atomic E-state index is 13.2. The van der Waals surface area contributed by atoms with Gasteiger partial charge in [-0.2, -0.15) is 0 Å². The molecule has 1 saturated heterocycles. The van der Waals surface area contributed by atoms with Gasteiger partial charge in [-0.1, -0.05) is 12.1 Å². The topological polar surface area (TPSA) is 64.1 Å². The van der Waals surface area contributed by atoms with Crippen LogP contribution in [0.4, 0.5) is 8.78 Å². The lowest BCUT2D eigenvalue weighted by atomic mass is 10.1. The predicted molar refractivity (Wildman–Crippen MR) is 116 cm³/mol. The maximum atomic E-state index is 13.2. The van der Waals surface area contributed by atoms with Crippen molar-refractivity contribution in [1.82, 2.24) is 10.6 Å². The summed E-state index contributed by atoms with van der Waals surface area (Å²) in [7, 11) is 1.68. The van der Waals surface area contributed by atoms with Crippen LogP contribution in [0, 0.1) is 24.5 Å². The Morgan fingerprint density at radius 1 is 1.13 bits per heavy atom. The fourth-order valence-electron chi connectivity index (χ4n) is 3.17. The fraction of sp³-hybridized carbons (Fsp3) is 0.435. The van der Waals surface area contributed by atoms with Crippen molar-refractivity contribution in [2.75, 3.05) is 40.0 Å². The minimum atomic E-state index is -0.931. The van der Waals surface area contributed by atoms with Crippen molar-refractivity contribution < 1.29 is 23.0 Å². The molecule has 0 aromatic heterocycles. The molecule has 2 aromatic rings. The first-order valence-electron chi connectivity index (χ1n) is 10.4. The van der Waals surface area contributed by atoms with Gasteiger partial charge in [0.05, 0.1) is 19.8 Å². The Balaban J connectivity index is 1.45. The fourth-order valence-corrected chi connectivity index (χ4v) is 3.17. The lowest BCUT2D eigenvalue weighted by molar-refractivity contribution is 0.166. The molecule has 1 aliphatic heterocycles. The SMILES string of the molecule is CN=C(NCCOc1ccc(F)c(F)c1)NCc1ccc(C)cc1OCC1CCOC1. The first kappa shape index (κ1) is 22.8. The van der Waals surface area contributed by atoms with Crippen LogP contribution in [0.15, 0.2) is 41.4 Å². The van der Waals surface area contributed by atoms with Gasteiger partial charge in [0, 0.05) is 37.7 Å². The summed E-state index contributed by atoms with van der Waals surface area (Å²) in [5.74, 6) is 0.342. The van der Waals surface area contributed by atoms with E-state index < -0.39 is 11.6 Å². The number of ether oxygens (including phenoxy) is 3. The molecule has 0 amide bonds. The summed E-state index contributed by atoms with van der Waals surface area (Å²) in [5, 5.41) is 6.39. The molecular weight excluding hydrogens is 404 g/mol. The summed E-state index contributed by atoms with van der Waals surface area (Å²) in [6.07, 6.45) is 1.03. The highest BCUT2D eigenvalue weighted by Gasteiger charge is 2.17. The van der Waals surface area contributed by atoms with E-state index in [-0.39, 0.29) is 12.4 Å². The van der Waals surface area contributed by atoms with Crippen LogP contribution in [0.2, 0.25) is 0 Å². The van der Waals surface area contributed by atoms with Crippen LogP contribution in [0.25, 0.3) is 0 Å². The average Bonchev–Trinajstić information content (AvgIpc) is 3.29. The Bertz CT molecular complexity index is 886. The number of hydrogen-bond donors (Lipinski definition) is 2. The zero-order valence-corrected chi connectivity index (χ0v) is 17.9. The number of hydrogen-bond acceptors (Lipinski definition) is 4. The molecule has 0 bridgehead atoms. The third-order valence-corrected chi connectivity index (χ3v) is 4.95. The van der Waals surface area contributed by atoms with Gasteiger partial charge in [-0.3, -0.25) is 4.99 Å². The molecule has 0 spiro atoms. The Morgan fingerprint density at radius 2 is 2.00 bits per heavy atom. The van der Waals surface area contributed by atoms with E-state index >= 15 is 0 Å². The predicted octanol–water partition coefficient (Wildman–Crippen LogP) is 3.43. The second-order valence-electron chi connectivity index (χ2n) is 7.43. The highest BCUT2D eigenvalue weighted by Crippen LogP contribution is 2.22. The van der Waals surface area contributed by atoms with Crippen molar-refractivity contribution in [1.29, 1.82) is 0 Å². The van der Waals surface area contributed by atoms with Gasteiger partial charge in [0.2, 0.25) is 0 Å². The van der Waals surface area contributed by atoms with Crippen LogP contribution in [-0.4, -0.2) is 46.0 Å². The zero-order valence-electron chi connectivity index (χ0n) is 17.9. The minimum absolute atomic E-state index is 0.272. The summed E-state index contributed by atoms with van der Waals surface area (Å²) in [6.45, 7) is 5.49. The van der Waals surface area contributed by atoms with Gasteiger partial charge in [-0.25, -0.2) is 8.78 Å². The molecule has 6 nitrogen and oxygen atoms in total. The number of rotatable bonds is 9. The number of nitrogens with one attached hydrogen (secondary N) is 2. The molecule has 2 N–H and O–H groups in total. The van der Waals surface area contributed by atoms with Crippen molar-refractivity contribution in [2.24, 2.45) is 10.9 Å². The number of guanidine groups is 1. The van der Waals surface area contributed by atoms with Crippen molar-refractivity contribution in [3.8, 4) is 11.5 Å². The molecule has 1 aliphatic rings. The van der Waals surface area contributed by atoms with Crippen LogP contribution in [0.5, 0.6) is 11.5 Å². The Labute approximate surface area is 181 Å². The van der Waals surface area contributed by atoms with Gasteiger partial charge in [0.1, 0.15) is 18.1 Å². The van der Waals surface area contributed by atoms with E-state index in [2.05, 4.69) is 21.7 Å². The largest absolute Gasteiger partial charge is 0.493 e. The van der Waals surface area contributed by atoms with E-state index in [1.54, 1.807) is 7.05 Å². The number of aliphatic imine (C=N–C) groups is 1. The molecule has 2 aromatic carbocycles. The van der Waals surface area contributed by atoms with Crippen molar-refractivity contribution in [3.63, 3.8) is 0 Å². The van der Waals surface area contributed by atoms with Crippen LogP contribution >= 0.6 is 0 Å². The number of benzene rings is 2. The van der Waals surface area contributed by atoms with Gasteiger partial charge < -0.3 is 24.8 Å². The lowest BCUT2D eigenvalue weighted by Gasteiger charge is -2.17. The third kappa shape index (κ3) is 7.10. The number of aryl methyl sites for hydroxylation is 1. The van der Waals surface area contributed by atoms with Gasteiger partial charge in [0.15, 0.2) is 17.6 Å². The molecule has 0 saturated carbocycles. The van der Waals surface area contributed by atoms with Crippen LogP contribution in [-0.2, 0) is 11.3 Å². The first-order chi connectivity index (χ1) is 15.0. The lowest BCUT2D eigenvalue weighted by Crippen LogP contribution is -2.39. The molecule has 3 rings (SSSR count). The third-order valence-electron chi connectivity index (χ3n) is 4.95. The quantitative estimate of drug-likeness (QED) is 0.360. The monoisotopic (exact) mass is 433 g/mol. The van der Waals surface area contributed by atoms with Crippen molar-refractivity contribution >= 4 is 5.96 Å². The van der Waals surface area contributed by atoms with E-state index in [1.807, 2.05) is 19.1 Å². The molecule has 31 heavy (non-hydrogen) atoms. The maximum Gasteiger partial charge on any atom is 0.191 e. The highest BCUT2D eigenvalue weighted by molar-refractivity contribution is 5.79. The van der Waals surface area contributed by atoms with Crippen LogP contribution in [0.1, 0.15) is 17.5 Å². The van der Waals surface area contributed by atoms with E-state index in [9.17, 15) is 8.78 Å². The molecule has 1 atom stereocenters. The second-order valence-corrected chi connectivity index (χ2v) is 7.43. The second kappa shape index (κ2) is 11.5. The van der Waals surface area contributed by atoms with E-state index in [4.69, 9.17) is 14.2 Å². The zero-order chi connectivity index (χ0) is 22.1. The molecule has 1 fully saturated rings. The summed E-state index contributed by atoms with van der Waals surface area (Å²) in [5.41, 5.74) is 2.17.